The predicted molar refractivity (Wildman–Crippen MR) is 77.4 cm³/mol. The van der Waals surface area contributed by atoms with Gasteiger partial charge in [0.25, 0.3) is 0 Å². The van der Waals surface area contributed by atoms with Crippen molar-refractivity contribution in [1.82, 2.24) is 0 Å². The summed E-state index contributed by atoms with van der Waals surface area (Å²) in [5, 5.41) is 9.00. The fourth-order valence-corrected chi connectivity index (χ4v) is 2.80. The number of carbonyl (C=O) groups excluding carboxylic acids is 1. The van der Waals surface area contributed by atoms with Gasteiger partial charge >= 0.3 is 11.9 Å². The van der Waals surface area contributed by atoms with E-state index in [1.165, 1.54) is 25.7 Å². The van der Waals surface area contributed by atoms with Crippen molar-refractivity contribution < 1.29 is 19.4 Å². The average molecular weight is 284 g/mol. The molecular formula is C16H28O4. The van der Waals surface area contributed by atoms with Crippen molar-refractivity contribution in [2.24, 2.45) is 11.8 Å². The van der Waals surface area contributed by atoms with Crippen LogP contribution in [-0.2, 0) is 14.3 Å². The topological polar surface area (TPSA) is 63.6 Å². The minimum Gasteiger partial charge on any atom is -0.481 e. The molecule has 0 saturated heterocycles. The molecule has 116 valence electrons. The summed E-state index contributed by atoms with van der Waals surface area (Å²) >= 11 is 0. The van der Waals surface area contributed by atoms with Crippen molar-refractivity contribution in [3.05, 3.63) is 0 Å². The molecule has 0 aromatic rings. The molecule has 0 heterocycles. The highest BCUT2D eigenvalue weighted by molar-refractivity contribution is 5.75. The van der Waals surface area contributed by atoms with Crippen molar-refractivity contribution in [2.45, 2.75) is 71.1 Å². The normalized spacial score (nSPS) is 22.4. The first-order valence-corrected chi connectivity index (χ1v) is 8.04. The van der Waals surface area contributed by atoms with Crippen LogP contribution < -0.4 is 0 Å². The molecule has 0 radical (unpaired) electrons. The van der Waals surface area contributed by atoms with Gasteiger partial charge in [-0.2, -0.15) is 0 Å². The SMILES string of the molecule is CCCCCCCCOC(=O)C1CCCC(C(=O)O)C1. The van der Waals surface area contributed by atoms with Crippen LogP contribution in [0.5, 0.6) is 0 Å². The van der Waals surface area contributed by atoms with Crippen molar-refractivity contribution in [3.63, 3.8) is 0 Å². The molecule has 0 aromatic carbocycles. The lowest BCUT2D eigenvalue weighted by Crippen LogP contribution is -2.28. The lowest BCUT2D eigenvalue weighted by atomic mass is 9.81. The van der Waals surface area contributed by atoms with Crippen LogP contribution >= 0.6 is 0 Å². The second-order valence-electron chi connectivity index (χ2n) is 5.83. The summed E-state index contributed by atoms with van der Waals surface area (Å²) in [6.07, 6.45) is 9.73. The number of carbonyl (C=O) groups is 2. The summed E-state index contributed by atoms with van der Waals surface area (Å²) in [6, 6.07) is 0. The maximum absolute atomic E-state index is 11.9. The third-order valence-electron chi connectivity index (χ3n) is 4.10. The second-order valence-corrected chi connectivity index (χ2v) is 5.83. The number of unbranched alkanes of at least 4 members (excludes halogenated alkanes) is 5. The highest BCUT2D eigenvalue weighted by Gasteiger charge is 2.31. The molecule has 2 unspecified atom stereocenters. The molecule has 20 heavy (non-hydrogen) atoms. The first kappa shape index (κ1) is 17.0. The van der Waals surface area contributed by atoms with E-state index in [-0.39, 0.29) is 17.8 Å². The number of aliphatic carboxylic acids is 1. The van der Waals surface area contributed by atoms with Crippen molar-refractivity contribution in [2.75, 3.05) is 6.61 Å². The van der Waals surface area contributed by atoms with E-state index in [2.05, 4.69) is 6.92 Å². The second kappa shape index (κ2) is 9.78. The minimum absolute atomic E-state index is 0.190. The zero-order valence-electron chi connectivity index (χ0n) is 12.6. The van der Waals surface area contributed by atoms with Crippen LogP contribution in [0, 0.1) is 11.8 Å². The Balaban J connectivity index is 2.11. The molecule has 1 aliphatic carbocycles. The van der Waals surface area contributed by atoms with Gasteiger partial charge in [0.2, 0.25) is 0 Å². The van der Waals surface area contributed by atoms with E-state index >= 15 is 0 Å². The van der Waals surface area contributed by atoms with Gasteiger partial charge in [-0.05, 0) is 25.7 Å². The Morgan fingerprint density at radius 3 is 2.40 bits per heavy atom. The number of esters is 1. The van der Waals surface area contributed by atoms with Crippen LogP contribution in [-0.4, -0.2) is 23.7 Å². The van der Waals surface area contributed by atoms with Crippen molar-refractivity contribution in [1.29, 1.82) is 0 Å². The summed E-state index contributed by atoms with van der Waals surface area (Å²) in [7, 11) is 0. The van der Waals surface area contributed by atoms with E-state index in [0.29, 0.717) is 19.4 Å². The highest BCUT2D eigenvalue weighted by atomic mass is 16.5. The molecule has 4 heteroatoms. The predicted octanol–water partition coefficient (Wildman–Crippen LogP) is 3.78. The van der Waals surface area contributed by atoms with Gasteiger partial charge in [0.15, 0.2) is 0 Å². The molecule has 1 fully saturated rings. The van der Waals surface area contributed by atoms with Gasteiger partial charge in [-0.25, -0.2) is 0 Å². The molecule has 0 amide bonds. The van der Waals surface area contributed by atoms with E-state index < -0.39 is 5.97 Å². The molecule has 1 N–H and O–H groups in total. The third-order valence-corrected chi connectivity index (χ3v) is 4.10. The Kier molecular flexibility index (Phi) is 8.31. The smallest absolute Gasteiger partial charge is 0.308 e. The number of carboxylic acids is 1. The van der Waals surface area contributed by atoms with E-state index in [9.17, 15) is 9.59 Å². The zero-order chi connectivity index (χ0) is 14.8. The minimum atomic E-state index is -0.779. The standard InChI is InChI=1S/C16H28O4/c1-2-3-4-5-6-7-11-20-16(19)14-10-8-9-13(12-14)15(17)18/h13-14H,2-12H2,1H3,(H,17,18). The molecule has 0 aliphatic heterocycles. The van der Waals surface area contributed by atoms with Crippen LogP contribution in [0.4, 0.5) is 0 Å². The molecule has 1 aliphatic rings. The molecular weight excluding hydrogens is 256 g/mol. The Hall–Kier alpha value is -1.06. The van der Waals surface area contributed by atoms with Gasteiger partial charge in [-0.15, -0.1) is 0 Å². The summed E-state index contributed by atoms with van der Waals surface area (Å²) in [5.41, 5.74) is 0. The number of ether oxygens (including phenoxy) is 1. The molecule has 0 aromatic heterocycles. The number of rotatable bonds is 9. The molecule has 1 rings (SSSR count). The molecule has 0 bridgehead atoms. The summed E-state index contributed by atoms with van der Waals surface area (Å²) in [5.74, 6) is -1.54. The fraction of sp³-hybridized carbons (Fsp3) is 0.875. The lowest BCUT2D eigenvalue weighted by molar-refractivity contribution is -0.152. The Morgan fingerprint density at radius 1 is 1.05 bits per heavy atom. The van der Waals surface area contributed by atoms with Crippen LogP contribution in [0.3, 0.4) is 0 Å². The van der Waals surface area contributed by atoms with Gasteiger partial charge in [-0.3, -0.25) is 9.59 Å². The van der Waals surface area contributed by atoms with Crippen LogP contribution in [0.1, 0.15) is 71.1 Å². The maximum atomic E-state index is 11.9. The highest BCUT2D eigenvalue weighted by Crippen LogP contribution is 2.30. The average Bonchev–Trinajstić information content (AvgIpc) is 2.46. The monoisotopic (exact) mass is 284 g/mol. The first-order valence-electron chi connectivity index (χ1n) is 8.04. The number of hydrogen-bond acceptors (Lipinski definition) is 3. The third kappa shape index (κ3) is 6.40. The van der Waals surface area contributed by atoms with E-state index in [4.69, 9.17) is 9.84 Å². The number of hydrogen-bond donors (Lipinski definition) is 1. The van der Waals surface area contributed by atoms with Gasteiger partial charge in [0, 0.05) is 0 Å². The van der Waals surface area contributed by atoms with E-state index in [1.807, 2.05) is 0 Å². The quantitative estimate of drug-likeness (QED) is 0.517. The van der Waals surface area contributed by atoms with Gasteiger partial charge in [0.1, 0.15) is 0 Å². The van der Waals surface area contributed by atoms with Gasteiger partial charge in [-0.1, -0.05) is 45.4 Å². The summed E-state index contributed by atoms with van der Waals surface area (Å²) in [4.78, 5) is 22.8. The molecule has 0 spiro atoms. The first-order chi connectivity index (χ1) is 9.65. The maximum Gasteiger partial charge on any atom is 0.308 e. The fourth-order valence-electron chi connectivity index (χ4n) is 2.80. The van der Waals surface area contributed by atoms with Crippen LogP contribution in [0.25, 0.3) is 0 Å². The van der Waals surface area contributed by atoms with Gasteiger partial charge in [0.05, 0.1) is 18.4 Å². The lowest BCUT2D eigenvalue weighted by Gasteiger charge is -2.25. The molecule has 1 saturated carbocycles. The van der Waals surface area contributed by atoms with E-state index in [1.54, 1.807) is 0 Å². The Bertz CT molecular complexity index is 301. The van der Waals surface area contributed by atoms with Gasteiger partial charge < -0.3 is 9.84 Å². The zero-order valence-corrected chi connectivity index (χ0v) is 12.6. The Labute approximate surface area is 121 Å². The summed E-state index contributed by atoms with van der Waals surface area (Å²) < 4.78 is 5.28. The molecule has 4 nitrogen and oxygen atoms in total. The summed E-state index contributed by atoms with van der Waals surface area (Å²) in [6.45, 7) is 2.68. The van der Waals surface area contributed by atoms with Crippen LogP contribution in [0.2, 0.25) is 0 Å². The largest absolute Gasteiger partial charge is 0.481 e. The van der Waals surface area contributed by atoms with E-state index in [0.717, 1.165) is 25.7 Å². The van der Waals surface area contributed by atoms with Crippen LogP contribution in [0.15, 0.2) is 0 Å². The Morgan fingerprint density at radius 2 is 1.70 bits per heavy atom. The molecule has 2 atom stereocenters. The van der Waals surface area contributed by atoms with Crippen molar-refractivity contribution >= 4 is 11.9 Å². The number of carboxylic acid groups (broad SMARTS) is 1. The van der Waals surface area contributed by atoms with Crippen molar-refractivity contribution in [3.8, 4) is 0 Å².